The van der Waals surface area contributed by atoms with E-state index in [4.69, 9.17) is 4.74 Å². The van der Waals surface area contributed by atoms with Crippen molar-refractivity contribution in [2.75, 3.05) is 31.2 Å². The molecule has 146 valence electrons. The smallest absolute Gasteiger partial charge is 0.282 e. The molecule has 0 aliphatic carbocycles. The van der Waals surface area contributed by atoms with Gasteiger partial charge in [-0.1, -0.05) is 39.0 Å². The lowest BCUT2D eigenvalue weighted by molar-refractivity contribution is -0.121. The van der Waals surface area contributed by atoms with Gasteiger partial charge in [0.15, 0.2) is 0 Å². The zero-order chi connectivity index (χ0) is 19.9. The molecule has 4 rings (SSSR count). The molecule has 0 spiro atoms. The van der Waals surface area contributed by atoms with Crippen LogP contribution in [0, 0.1) is 0 Å². The summed E-state index contributed by atoms with van der Waals surface area (Å²) in [5.74, 6) is -0.503. The maximum atomic E-state index is 13.4. The van der Waals surface area contributed by atoms with Gasteiger partial charge in [0.2, 0.25) is 0 Å². The Labute approximate surface area is 169 Å². The Balaban J connectivity index is 1.74. The number of nitrogens with zero attached hydrogens (tertiary/aromatic N) is 2. The molecule has 28 heavy (non-hydrogen) atoms. The maximum Gasteiger partial charge on any atom is 0.282 e. The van der Waals surface area contributed by atoms with E-state index in [1.165, 1.54) is 16.2 Å². The molecule has 0 saturated carbocycles. The molecule has 0 radical (unpaired) electrons. The third-order valence-electron chi connectivity index (χ3n) is 5.15. The van der Waals surface area contributed by atoms with Gasteiger partial charge in [0.05, 0.1) is 24.5 Å². The van der Waals surface area contributed by atoms with E-state index in [1.807, 2.05) is 46.7 Å². The second kappa shape index (κ2) is 7.18. The van der Waals surface area contributed by atoms with Crippen LogP contribution in [-0.2, 0) is 19.7 Å². The number of thiophene rings is 1. The van der Waals surface area contributed by atoms with Gasteiger partial charge < -0.3 is 9.64 Å². The average molecular weight is 397 g/mol. The summed E-state index contributed by atoms with van der Waals surface area (Å²) in [6, 6.07) is 11.5. The van der Waals surface area contributed by atoms with Crippen molar-refractivity contribution in [1.82, 2.24) is 4.90 Å². The molecule has 0 N–H and O–H groups in total. The summed E-state index contributed by atoms with van der Waals surface area (Å²) in [6.07, 6.45) is 0. The molecular formula is C22H24N2O3S. The van der Waals surface area contributed by atoms with Crippen LogP contribution in [0.5, 0.6) is 0 Å². The normalized spacial score (nSPS) is 18.4. The molecule has 0 unspecified atom stereocenters. The SMILES string of the molecule is CC(C)(C)c1ccc(N2C(=O)C(c3cccs3)=C(N3CCOCC3)C2=O)cc1. The standard InChI is InChI=1S/C22H24N2O3S/c1-22(2,3)15-6-8-16(9-7-15)24-20(25)18(17-5-4-14-28-17)19(21(24)26)23-10-12-27-13-11-23/h4-9,14H,10-13H2,1-3H3. The Morgan fingerprint density at radius 2 is 1.64 bits per heavy atom. The van der Waals surface area contributed by atoms with E-state index in [1.54, 1.807) is 0 Å². The van der Waals surface area contributed by atoms with E-state index in [9.17, 15) is 9.59 Å². The van der Waals surface area contributed by atoms with Crippen molar-refractivity contribution >= 4 is 34.4 Å². The van der Waals surface area contributed by atoms with Gasteiger partial charge in [-0.15, -0.1) is 11.3 Å². The second-order valence-corrected chi connectivity index (χ2v) is 8.99. The minimum atomic E-state index is -0.252. The number of anilines is 1. The predicted molar refractivity (Wildman–Crippen MR) is 111 cm³/mol. The van der Waals surface area contributed by atoms with Crippen LogP contribution in [0.2, 0.25) is 0 Å². The van der Waals surface area contributed by atoms with Crippen LogP contribution >= 0.6 is 11.3 Å². The van der Waals surface area contributed by atoms with E-state index >= 15 is 0 Å². The van der Waals surface area contributed by atoms with Crippen LogP contribution in [-0.4, -0.2) is 43.0 Å². The van der Waals surface area contributed by atoms with Crippen molar-refractivity contribution in [3.05, 3.63) is 57.9 Å². The van der Waals surface area contributed by atoms with Crippen molar-refractivity contribution in [3.63, 3.8) is 0 Å². The summed E-state index contributed by atoms with van der Waals surface area (Å²) in [5.41, 5.74) is 2.78. The Morgan fingerprint density at radius 1 is 0.964 bits per heavy atom. The van der Waals surface area contributed by atoms with Gasteiger partial charge in [0, 0.05) is 18.0 Å². The highest BCUT2D eigenvalue weighted by Crippen LogP contribution is 2.37. The molecule has 1 saturated heterocycles. The fourth-order valence-electron chi connectivity index (χ4n) is 3.59. The lowest BCUT2D eigenvalue weighted by atomic mass is 9.87. The highest BCUT2D eigenvalue weighted by Gasteiger charge is 2.43. The first-order chi connectivity index (χ1) is 13.4. The number of carbonyl (C=O) groups excluding carboxylic acids is 2. The van der Waals surface area contributed by atoms with E-state index in [-0.39, 0.29) is 17.2 Å². The van der Waals surface area contributed by atoms with Gasteiger partial charge in [-0.05, 0) is 34.6 Å². The molecule has 1 fully saturated rings. The molecule has 6 heteroatoms. The molecule has 1 aromatic carbocycles. The first-order valence-electron chi connectivity index (χ1n) is 9.48. The second-order valence-electron chi connectivity index (χ2n) is 8.04. The molecule has 3 heterocycles. The number of amides is 2. The third-order valence-corrected chi connectivity index (χ3v) is 6.03. The largest absolute Gasteiger partial charge is 0.378 e. The van der Waals surface area contributed by atoms with Crippen LogP contribution in [0.4, 0.5) is 5.69 Å². The number of ether oxygens (including phenoxy) is 1. The fraction of sp³-hybridized carbons (Fsp3) is 0.364. The molecular weight excluding hydrogens is 372 g/mol. The van der Waals surface area contributed by atoms with Gasteiger partial charge in [-0.2, -0.15) is 0 Å². The lowest BCUT2D eigenvalue weighted by Crippen LogP contribution is -2.40. The van der Waals surface area contributed by atoms with Crippen LogP contribution < -0.4 is 4.90 Å². The monoisotopic (exact) mass is 396 g/mol. The number of imide groups is 1. The zero-order valence-electron chi connectivity index (χ0n) is 16.4. The van der Waals surface area contributed by atoms with Crippen molar-refractivity contribution in [1.29, 1.82) is 0 Å². The average Bonchev–Trinajstić information content (AvgIpc) is 3.28. The van der Waals surface area contributed by atoms with Crippen molar-refractivity contribution < 1.29 is 14.3 Å². The summed E-state index contributed by atoms with van der Waals surface area (Å²) < 4.78 is 5.43. The van der Waals surface area contributed by atoms with Crippen molar-refractivity contribution in [3.8, 4) is 0 Å². The van der Waals surface area contributed by atoms with Gasteiger partial charge >= 0.3 is 0 Å². The third kappa shape index (κ3) is 3.27. The number of rotatable bonds is 3. The lowest BCUT2D eigenvalue weighted by Gasteiger charge is -2.29. The topological polar surface area (TPSA) is 49.9 Å². The van der Waals surface area contributed by atoms with Gasteiger partial charge in [0.1, 0.15) is 5.70 Å². The van der Waals surface area contributed by atoms with Crippen LogP contribution in [0.15, 0.2) is 47.5 Å². The number of hydrogen-bond donors (Lipinski definition) is 0. The van der Waals surface area contributed by atoms with E-state index in [0.717, 1.165) is 10.4 Å². The molecule has 0 atom stereocenters. The summed E-state index contributed by atoms with van der Waals surface area (Å²) in [6.45, 7) is 8.76. The number of morpholine rings is 1. The van der Waals surface area contributed by atoms with Gasteiger partial charge in [0.25, 0.3) is 11.8 Å². The molecule has 1 aromatic heterocycles. The first kappa shape index (κ1) is 18.9. The van der Waals surface area contributed by atoms with Crippen molar-refractivity contribution in [2.24, 2.45) is 0 Å². The van der Waals surface area contributed by atoms with Gasteiger partial charge in [-0.25, -0.2) is 4.90 Å². The Hall–Kier alpha value is -2.44. The minimum Gasteiger partial charge on any atom is -0.378 e. The van der Waals surface area contributed by atoms with Gasteiger partial charge in [-0.3, -0.25) is 9.59 Å². The molecule has 2 aliphatic rings. The minimum absolute atomic E-state index is 0.0108. The van der Waals surface area contributed by atoms with Crippen LogP contribution in [0.25, 0.3) is 5.57 Å². The van der Waals surface area contributed by atoms with Crippen LogP contribution in [0.3, 0.4) is 0 Å². The highest BCUT2D eigenvalue weighted by atomic mass is 32.1. The highest BCUT2D eigenvalue weighted by molar-refractivity contribution is 7.11. The van der Waals surface area contributed by atoms with Crippen LogP contribution in [0.1, 0.15) is 31.2 Å². The maximum absolute atomic E-state index is 13.4. The fourth-order valence-corrected chi connectivity index (χ4v) is 4.35. The molecule has 0 bridgehead atoms. The van der Waals surface area contributed by atoms with Crippen molar-refractivity contribution in [2.45, 2.75) is 26.2 Å². The van der Waals surface area contributed by atoms with E-state index in [0.29, 0.717) is 43.3 Å². The Kier molecular flexibility index (Phi) is 4.85. The number of carbonyl (C=O) groups is 2. The first-order valence-corrected chi connectivity index (χ1v) is 10.4. The quantitative estimate of drug-likeness (QED) is 0.743. The Bertz CT molecular complexity index is 918. The summed E-state index contributed by atoms with van der Waals surface area (Å²) in [7, 11) is 0. The molecule has 2 aromatic rings. The summed E-state index contributed by atoms with van der Waals surface area (Å²) in [4.78, 5) is 30.8. The molecule has 2 amide bonds. The Morgan fingerprint density at radius 3 is 2.21 bits per heavy atom. The molecule has 5 nitrogen and oxygen atoms in total. The number of hydrogen-bond acceptors (Lipinski definition) is 5. The zero-order valence-corrected chi connectivity index (χ0v) is 17.2. The van der Waals surface area contributed by atoms with E-state index < -0.39 is 0 Å². The predicted octanol–water partition coefficient (Wildman–Crippen LogP) is 3.66. The summed E-state index contributed by atoms with van der Waals surface area (Å²) in [5, 5.41) is 1.93. The summed E-state index contributed by atoms with van der Waals surface area (Å²) >= 11 is 1.48. The number of benzene rings is 1. The van der Waals surface area contributed by atoms with E-state index in [2.05, 4.69) is 20.8 Å². The molecule has 2 aliphatic heterocycles.